The molecule has 2 nitrogen and oxygen atoms in total. The number of hydrogen-bond acceptors (Lipinski definition) is 2. The summed E-state index contributed by atoms with van der Waals surface area (Å²) in [4.78, 5) is 0. The number of halogens is 2. The van der Waals surface area contributed by atoms with Crippen molar-refractivity contribution in [2.75, 3.05) is 20.3 Å². The van der Waals surface area contributed by atoms with Gasteiger partial charge in [0.25, 0.3) is 0 Å². The van der Waals surface area contributed by atoms with Crippen molar-refractivity contribution in [1.82, 2.24) is 5.32 Å². The monoisotopic (exact) mass is 241 g/mol. The van der Waals surface area contributed by atoms with Crippen molar-refractivity contribution in [1.29, 1.82) is 0 Å². The number of nitrogens with one attached hydrogen (secondary N) is 1. The summed E-state index contributed by atoms with van der Waals surface area (Å²) in [6, 6.07) is 3.66. The summed E-state index contributed by atoms with van der Waals surface area (Å²) in [7, 11) is 1.73. The van der Waals surface area contributed by atoms with Crippen LogP contribution in [0.2, 0.25) is 0 Å². The summed E-state index contributed by atoms with van der Waals surface area (Å²) in [5.74, 6) is -0.856. The molecule has 0 spiro atoms. The van der Waals surface area contributed by atoms with Gasteiger partial charge in [0.1, 0.15) is 11.6 Å². The van der Waals surface area contributed by atoms with E-state index in [4.69, 9.17) is 4.74 Å². The van der Waals surface area contributed by atoms with E-state index in [1.54, 1.807) is 7.05 Å². The van der Waals surface area contributed by atoms with E-state index in [0.717, 1.165) is 19.4 Å². The van der Waals surface area contributed by atoms with Crippen molar-refractivity contribution in [3.05, 3.63) is 35.4 Å². The highest BCUT2D eigenvalue weighted by Gasteiger charge is 2.28. The maximum absolute atomic E-state index is 13.7. The molecule has 0 saturated carbocycles. The van der Waals surface area contributed by atoms with Gasteiger partial charge in [-0.1, -0.05) is 6.07 Å². The van der Waals surface area contributed by atoms with Gasteiger partial charge in [-0.25, -0.2) is 8.78 Å². The fraction of sp³-hybridized carbons (Fsp3) is 0.538. The molecular weight excluding hydrogens is 224 g/mol. The average Bonchev–Trinajstić information content (AvgIpc) is 2.35. The van der Waals surface area contributed by atoms with Crippen LogP contribution in [0.4, 0.5) is 8.78 Å². The van der Waals surface area contributed by atoms with Gasteiger partial charge in [-0.2, -0.15) is 0 Å². The molecule has 1 aromatic rings. The van der Waals surface area contributed by atoms with Crippen LogP contribution in [-0.4, -0.2) is 20.3 Å². The topological polar surface area (TPSA) is 21.3 Å². The molecule has 0 bridgehead atoms. The molecule has 1 N–H and O–H groups in total. The summed E-state index contributed by atoms with van der Waals surface area (Å²) < 4.78 is 32.8. The molecule has 0 radical (unpaired) electrons. The van der Waals surface area contributed by atoms with Gasteiger partial charge in [-0.3, -0.25) is 0 Å². The predicted molar refractivity (Wildman–Crippen MR) is 61.7 cm³/mol. The Hall–Kier alpha value is -1.00. The number of hydrogen-bond donors (Lipinski definition) is 1. The van der Waals surface area contributed by atoms with Crippen LogP contribution in [0.3, 0.4) is 0 Å². The van der Waals surface area contributed by atoms with Gasteiger partial charge in [0, 0.05) is 24.1 Å². The van der Waals surface area contributed by atoms with Crippen LogP contribution in [0.1, 0.15) is 24.4 Å². The van der Waals surface area contributed by atoms with E-state index in [1.165, 1.54) is 18.2 Å². The van der Waals surface area contributed by atoms with E-state index in [2.05, 4.69) is 5.32 Å². The Bertz CT molecular complexity index is 357. The summed E-state index contributed by atoms with van der Waals surface area (Å²) >= 11 is 0. The van der Waals surface area contributed by atoms with E-state index in [9.17, 15) is 8.78 Å². The Morgan fingerprint density at radius 3 is 2.59 bits per heavy atom. The second-order valence-corrected chi connectivity index (χ2v) is 4.38. The third-order valence-corrected chi connectivity index (χ3v) is 3.29. The van der Waals surface area contributed by atoms with Crippen molar-refractivity contribution in [3.8, 4) is 0 Å². The minimum Gasteiger partial charge on any atom is -0.381 e. The first-order chi connectivity index (χ1) is 8.24. The van der Waals surface area contributed by atoms with Crippen molar-refractivity contribution in [3.63, 3.8) is 0 Å². The molecule has 17 heavy (non-hydrogen) atoms. The van der Waals surface area contributed by atoms with Gasteiger partial charge in [-0.15, -0.1) is 0 Å². The van der Waals surface area contributed by atoms with Crippen LogP contribution in [0.5, 0.6) is 0 Å². The fourth-order valence-electron chi connectivity index (χ4n) is 2.45. The lowest BCUT2D eigenvalue weighted by molar-refractivity contribution is 0.0391. The van der Waals surface area contributed by atoms with E-state index in [1.807, 2.05) is 0 Å². The molecular formula is C13H17F2NO. The zero-order valence-corrected chi connectivity index (χ0v) is 9.88. The molecule has 2 unspecified atom stereocenters. The Morgan fingerprint density at radius 2 is 2.06 bits per heavy atom. The van der Waals surface area contributed by atoms with Gasteiger partial charge < -0.3 is 10.1 Å². The zero-order chi connectivity index (χ0) is 12.3. The molecule has 1 aliphatic heterocycles. The van der Waals surface area contributed by atoms with Crippen LogP contribution in [0.25, 0.3) is 0 Å². The lowest BCUT2D eigenvalue weighted by Crippen LogP contribution is -2.32. The van der Waals surface area contributed by atoms with Crippen LogP contribution in [0.15, 0.2) is 18.2 Å². The Labute approximate surface area is 100.0 Å². The van der Waals surface area contributed by atoms with Crippen molar-refractivity contribution < 1.29 is 13.5 Å². The fourth-order valence-corrected chi connectivity index (χ4v) is 2.45. The highest BCUT2D eigenvalue weighted by Crippen LogP contribution is 2.31. The second-order valence-electron chi connectivity index (χ2n) is 4.38. The number of benzene rings is 1. The first kappa shape index (κ1) is 12.5. The van der Waals surface area contributed by atoms with Gasteiger partial charge in [0.15, 0.2) is 0 Å². The molecule has 1 aliphatic rings. The third-order valence-electron chi connectivity index (χ3n) is 3.29. The molecule has 0 amide bonds. The molecule has 0 aliphatic carbocycles. The van der Waals surface area contributed by atoms with Crippen LogP contribution in [0, 0.1) is 17.6 Å². The van der Waals surface area contributed by atoms with Crippen molar-refractivity contribution >= 4 is 0 Å². The molecule has 1 saturated heterocycles. The van der Waals surface area contributed by atoms with Crippen molar-refractivity contribution in [2.24, 2.45) is 5.92 Å². The smallest absolute Gasteiger partial charge is 0.130 e. The molecule has 1 aromatic carbocycles. The highest BCUT2D eigenvalue weighted by atomic mass is 19.1. The lowest BCUT2D eigenvalue weighted by Gasteiger charge is -2.30. The molecule has 1 heterocycles. The van der Waals surface area contributed by atoms with E-state index >= 15 is 0 Å². The van der Waals surface area contributed by atoms with Gasteiger partial charge in [-0.05, 0) is 32.0 Å². The molecule has 0 aromatic heterocycles. The first-order valence-electron chi connectivity index (χ1n) is 5.93. The minimum absolute atomic E-state index is 0.125. The standard InChI is InChI=1S/C13H17F2NO/c1-16-13(9-4-3-7-17-8-9)12-10(14)5-2-6-11(12)15/h2,5-6,9,13,16H,3-4,7-8H2,1H3. The van der Waals surface area contributed by atoms with Crippen LogP contribution >= 0.6 is 0 Å². The maximum atomic E-state index is 13.7. The zero-order valence-electron chi connectivity index (χ0n) is 9.88. The molecule has 2 atom stereocenters. The quantitative estimate of drug-likeness (QED) is 0.878. The molecule has 1 fully saturated rings. The molecule has 4 heteroatoms. The maximum Gasteiger partial charge on any atom is 0.130 e. The molecule has 2 rings (SSSR count). The largest absolute Gasteiger partial charge is 0.381 e. The average molecular weight is 241 g/mol. The lowest BCUT2D eigenvalue weighted by atomic mass is 9.88. The van der Waals surface area contributed by atoms with E-state index < -0.39 is 11.6 Å². The van der Waals surface area contributed by atoms with Crippen LogP contribution in [-0.2, 0) is 4.74 Å². The normalized spacial score (nSPS) is 22.4. The summed E-state index contributed by atoms with van der Waals surface area (Å²) in [6.45, 7) is 1.30. The van der Waals surface area contributed by atoms with Crippen molar-refractivity contribution in [2.45, 2.75) is 18.9 Å². The third kappa shape index (κ3) is 2.64. The van der Waals surface area contributed by atoms with Gasteiger partial charge in [0.2, 0.25) is 0 Å². The summed E-state index contributed by atoms with van der Waals surface area (Å²) in [6.07, 6.45) is 1.87. The molecule has 94 valence electrons. The van der Waals surface area contributed by atoms with E-state index in [-0.39, 0.29) is 17.5 Å². The second kappa shape index (κ2) is 5.56. The summed E-state index contributed by atoms with van der Waals surface area (Å²) in [5.41, 5.74) is 0.130. The Kier molecular flexibility index (Phi) is 4.07. The Morgan fingerprint density at radius 1 is 1.35 bits per heavy atom. The van der Waals surface area contributed by atoms with Crippen LogP contribution < -0.4 is 5.32 Å². The van der Waals surface area contributed by atoms with Gasteiger partial charge in [0.05, 0.1) is 6.61 Å². The summed E-state index contributed by atoms with van der Waals surface area (Å²) in [5, 5.41) is 3.01. The predicted octanol–water partition coefficient (Wildman–Crippen LogP) is 2.65. The van der Waals surface area contributed by atoms with Gasteiger partial charge >= 0.3 is 0 Å². The number of ether oxygens (including phenoxy) is 1. The first-order valence-corrected chi connectivity index (χ1v) is 5.93. The highest BCUT2D eigenvalue weighted by molar-refractivity contribution is 5.24. The minimum atomic E-state index is -0.491. The SMILES string of the molecule is CNC(c1c(F)cccc1F)C1CCCOC1. The van der Waals surface area contributed by atoms with E-state index in [0.29, 0.717) is 6.61 Å². The number of rotatable bonds is 3. The Balaban J connectivity index is 2.27.